The molecule has 2 heterocycles. The lowest BCUT2D eigenvalue weighted by atomic mass is 9.96. The van der Waals surface area contributed by atoms with Crippen molar-refractivity contribution < 1.29 is 36.2 Å². The molecule has 194 valence electrons. The Morgan fingerprint density at radius 2 is 1.89 bits per heavy atom. The average Bonchev–Trinajstić information content (AvgIpc) is 2.86. The Hall–Kier alpha value is -2.74. The van der Waals surface area contributed by atoms with Gasteiger partial charge >= 0.3 is 6.18 Å². The summed E-state index contributed by atoms with van der Waals surface area (Å²) in [6, 6.07) is 7.53. The second kappa shape index (κ2) is 10.7. The number of hydrogen-bond acceptors (Lipinski definition) is 5. The first kappa shape index (κ1) is 26.3. The molecule has 0 amide bonds. The van der Waals surface area contributed by atoms with Crippen molar-refractivity contribution in [3.63, 3.8) is 0 Å². The number of nitrogens with zero attached hydrogens (tertiary/aromatic N) is 1. The lowest BCUT2D eigenvalue weighted by Crippen LogP contribution is -2.43. The molecular formula is C26H28F3NO5S. The highest BCUT2D eigenvalue weighted by Gasteiger charge is 2.36. The Morgan fingerprint density at radius 1 is 1.14 bits per heavy atom. The number of alkyl halides is 3. The fourth-order valence-electron chi connectivity index (χ4n) is 4.64. The van der Waals surface area contributed by atoms with Gasteiger partial charge in [0.25, 0.3) is 10.0 Å². The number of sulfonamides is 1. The zero-order valence-corrected chi connectivity index (χ0v) is 20.4. The quantitative estimate of drug-likeness (QED) is 0.550. The molecule has 36 heavy (non-hydrogen) atoms. The van der Waals surface area contributed by atoms with Crippen molar-refractivity contribution in [1.29, 1.82) is 0 Å². The van der Waals surface area contributed by atoms with Crippen LogP contribution in [0.25, 0.3) is 0 Å². The van der Waals surface area contributed by atoms with Crippen LogP contribution < -0.4 is 9.04 Å². The molecule has 0 unspecified atom stereocenters. The molecule has 10 heteroatoms. The van der Waals surface area contributed by atoms with Crippen molar-refractivity contribution in [3.05, 3.63) is 53.1 Å². The first-order valence-electron chi connectivity index (χ1n) is 11.8. The molecule has 2 aliphatic heterocycles. The van der Waals surface area contributed by atoms with Gasteiger partial charge in [0.15, 0.2) is 0 Å². The van der Waals surface area contributed by atoms with Crippen molar-refractivity contribution in [3.8, 4) is 18.1 Å². The summed E-state index contributed by atoms with van der Waals surface area (Å²) in [4.78, 5) is -0.0857. The Morgan fingerprint density at radius 3 is 2.56 bits per heavy atom. The highest BCUT2D eigenvalue weighted by Crippen LogP contribution is 2.37. The van der Waals surface area contributed by atoms with E-state index < -0.39 is 35.3 Å². The molecule has 0 radical (unpaired) electrons. The normalized spacial score (nSPS) is 19.0. The maximum Gasteiger partial charge on any atom is 0.393 e. The van der Waals surface area contributed by atoms with E-state index in [1.54, 1.807) is 0 Å². The number of terminal acetylenes is 1. The van der Waals surface area contributed by atoms with Gasteiger partial charge in [-0.3, -0.25) is 4.31 Å². The molecule has 0 aromatic heterocycles. The molecule has 2 aromatic carbocycles. The highest BCUT2D eigenvalue weighted by molar-refractivity contribution is 7.92. The van der Waals surface area contributed by atoms with Crippen molar-refractivity contribution in [2.45, 2.75) is 55.8 Å². The third kappa shape index (κ3) is 5.80. The van der Waals surface area contributed by atoms with E-state index in [0.717, 1.165) is 17.1 Å². The van der Waals surface area contributed by atoms with Gasteiger partial charge in [0.2, 0.25) is 0 Å². The molecule has 1 N–H and O–H groups in total. The van der Waals surface area contributed by atoms with Crippen LogP contribution in [0, 0.1) is 18.3 Å². The molecule has 0 saturated carbocycles. The van der Waals surface area contributed by atoms with Crippen LogP contribution in [0.3, 0.4) is 0 Å². The van der Waals surface area contributed by atoms with Crippen LogP contribution in [0.5, 0.6) is 5.75 Å². The number of aryl methyl sites for hydroxylation is 1. The fourth-order valence-corrected chi connectivity index (χ4v) is 6.33. The Kier molecular flexibility index (Phi) is 7.83. The Balaban J connectivity index is 1.63. The number of aliphatic hydroxyl groups excluding tert-OH is 1. The van der Waals surface area contributed by atoms with E-state index in [4.69, 9.17) is 15.9 Å². The zero-order chi connectivity index (χ0) is 25.9. The van der Waals surface area contributed by atoms with Crippen LogP contribution in [0.2, 0.25) is 0 Å². The van der Waals surface area contributed by atoms with Crippen molar-refractivity contribution in [2.75, 3.05) is 24.1 Å². The Bertz CT molecular complexity index is 1230. The topological polar surface area (TPSA) is 76.1 Å². The smallest absolute Gasteiger partial charge is 0.393 e. The average molecular weight is 524 g/mol. The van der Waals surface area contributed by atoms with E-state index in [0.29, 0.717) is 49.0 Å². The number of rotatable bonds is 7. The predicted molar refractivity (Wildman–Crippen MR) is 128 cm³/mol. The van der Waals surface area contributed by atoms with Gasteiger partial charge in [-0.1, -0.05) is 18.1 Å². The van der Waals surface area contributed by atoms with Crippen LogP contribution in [0.1, 0.15) is 36.0 Å². The van der Waals surface area contributed by atoms with Gasteiger partial charge in [-0.25, -0.2) is 8.42 Å². The number of aliphatic hydroxyl groups is 1. The molecule has 1 fully saturated rings. The zero-order valence-electron chi connectivity index (χ0n) is 19.6. The van der Waals surface area contributed by atoms with Gasteiger partial charge in [-0.15, -0.1) is 6.42 Å². The van der Waals surface area contributed by atoms with Crippen molar-refractivity contribution >= 4 is 15.7 Å². The second-order valence-electron chi connectivity index (χ2n) is 9.07. The van der Waals surface area contributed by atoms with E-state index in [2.05, 4.69) is 5.92 Å². The van der Waals surface area contributed by atoms with E-state index in [9.17, 15) is 26.7 Å². The maximum atomic E-state index is 13.7. The summed E-state index contributed by atoms with van der Waals surface area (Å²) in [7, 11) is -4.18. The monoisotopic (exact) mass is 523 g/mol. The van der Waals surface area contributed by atoms with E-state index in [1.807, 2.05) is 0 Å². The number of hydrogen-bond donors (Lipinski definition) is 1. The van der Waals surface area contributed by atoms with E-state index in [1.165, 1.54) is 36.4 Å². The van der Waals surface area contributed by atoms with Crippen LogP contribution in [0.4, 0.5) is 18.9 Å². The minimum absolute atomic E-state index is 0.0614. The summed E-state index contributed by atoms with van der Waals surface area (Å²) in [5, 5.41) is 9.90. The van der Waals surface area contributed by atoms with Crippen molar-refractivity contribution in [2.24, 2.45) is 5.92 Å². The summed E-state index contributed by atoms with van der Waals surface area (Å²) in [5.74, 6) is 3.22. The third-order valence-corrected chi connectivity index (χ3v) is 8.34. The molecule has 0 spiro atoms. The summed E-state index contributed by atoms with van der Waals surface area (Å²) >= 11 is 0. The molecule has 0 bridgehead atoms. The molecule has 1 atom stereocenters. The van der Waals surface area contributed by atoms with Crippen LogP contribution in [0.15, 0.2) is 41.3 Å². The first-order valence-corrected chi connectivity index (χ1v) is 13.2. The largest absolute Gasteiger partial charge is 0.493 e. The summed E-state index contributed by atoms with van der Waals surface area (Å²) in [6.07, 6.45) is 2.57. The standard InChI is InChI=1S/C26H28F3NO5S/c1-2-22-5-4-20-13-19(15-26(27,28)29)3-7-24(20)30(22)36(32,33)23-6-8-25(21(14-23)16-31)35-17-18-9-11-34-12-10-18/h1,3,6-8,13-14,18,22,31H,4-5,9-12,15-17H2/t22-/m0/s1. The number of benzene rings is 2. The number of ether oxygens (including phenoxy) is 2. The first-order chi connectivity index (χ1) is 17.1. The number of fused-ring (bicyclic) bond motifs is 1. The van der Waals surface area contributed by atoms with Crippen LogP contribution >= 0.6 is 0 Å². The molecule has 4 rings (SSSR count). The lowest BCUT2D eigenvalue weighted by molar-refractivity contribution is -0.127. The molecular weight excluding hydrogens is 495 g/mol. The van der Waals surface area contributed by atoms with E-state index in [-0.39, 0.29) is 22.6 Å². The number of anilines is 1. The van der Waals surface area contributed by atoms with Crippen LogP contribution in [-0.4, -0.2) is 45.6 Å². The van der Waals surface area contributed by atoms with Crippen molar-refractivity contribution in [1.82, 2.24) is 0 Å². The Labute approximate surface area is 209 Å². The van der Waals surface area contributed by atoms with Gasteiger partial charge in [-0.2, -0.15) is 13.2 Å². The van der Waals surface area contributed by atoms with Crippen LogP contribution in [-0.2, 0) is 34.2 Å². The minimum Gasteiger partial charge on any atom is -0.493 e. The van der Waals surface area contributed by atoms with Gasteiger partial charge in [0.1, 0.15) is 11.8 Å². The van der Waals surface area contributed by atoms with Gasteiger partial charge < -0.3 is 14.6 Å². The molecule has 0 aliphatic carbocycles. The van der Waals surface area contributed by atoms with Gasteiger partial charge in [0, 0.05) is 18.8 Å². The van der Waals surface area contributed by atoms with Gasteiger partial charge in [-0.05, 0) is 67.0 Å². The summed E-state index contributed by atoms with van der Waals surface area (Å²) in [5.41, 5.74) is 1.13. The fraction of sp³-hybridized carbons (Fsp3) is 0.462. The molecule has 2 aromatic rings. The molecule has 1 saturated heterocycles. The summed E-state index contributed by atoms with van der Waals surface area (Å²) < 4.78 is 78.4. The van der Waals surface area contributed by atoms with E-state index >= 15 is 0 Å². The number of halogens is 3. The molecule has 2 aliphatic rings. The SMILES string of the molecule is C#C[C@H]1CCc2cc(CC(F)(F)F)ccc2N1S(=O)(=O)c1ccc(OCC2CCOCC2)c(CO)c1. The van der Waals surface area contributed by atoms with Gasteiger partial charge in [0.05, 0.1) is 30.2 Å². The highest BCUT2D eigenvalue weighted by atomic mass is 32.2. The predicted octanol–water partition coefficient (Wildman–Crippen LogP) is 4.23. The second-order valence-corrected chi connectivity index (χ2v) is 10.9. The molecule has 6 nitrogen and oxygen atoms in total. The lowest BCUT2D eigenvalue weighted by Gasteiger charge is -2.35. The maximum absolute atomic E-state index is 13.7. The minimum atomic E-state index is -4.37. The summed E-state index contributed by atoms with van der Waals surface area (Å²) in [6.45, 7) is 1.34. The third-order valence-electron chi connectivity index (χ3n) is 6.52.